The van der Waals surface area contributed by atoms with Crippen molar-refractivity contribution in [3.8, 4) is 0 Å². The second kappa shape index (κ2) is 6.39. The zero-order valence-electron chi connectivity index (χ0n) is 11.3. The molecule has 0 aliphatic heterocycles. The third kappa shape index (κ3) is 4.37. The molecule has 1 saturated carbocycles. The van der Waals surface area contributed by atoms with E-state index < -0.39 is 0 Å². The molecule has 3 atom stereocenters. The van der Waals surface area contributed by atoms with Gasteiger partial charge in [0.15, 0.2) is 0 Å². The first-order valence-corrected chi connectivity index (χ1v) is 7.49. The first kappa shape index (κ1) is 14.5. The Kier molecular flexibility index (Phi) is 5.79. The van der Waals surface area contributed by atoms with Crippen molar-refractivity contribution in [2.45, 2.75) is 57.7 Å². The molecule has 0 aromatic carbocycles. The molecule has 0 aromatic heterocycles. The van der Waals surface area contributed by atoms with Gasteiger partial charge in [-0.3, -0.25) is 0 Å². The Bertz CT molecular complexity index is 197. The summed E-state index contributed by atoms with van der Waals surface area (Å²) in [4.78, 5) is 0.739. The number of rotatable bonds is 4. The van der Waals surface area contributed by atoms with Gasteiger partial charge < -0.3 is 4.74 Å². The van der Waals surface area contributed by atoms with Crippen molar-refractivity contribution in [2.24, 2.45) is 17.3 Å². The van der Waals surface area contributed by atoms with Gasteiger partial charge in [-0.1, -0.05) is 36.7 Å². The van der Waals surface area contributed by atoms with Gasteiger partial charge in [0.05, 0.1) is 0 Å². The molecule has 1 fully saturated rings. The molecular weight excluding hydrogens is 264 g/mol. The first-order valence-electron chi connectivity index (χ1n) is 6.58. The van der Waals surface area contributed by atoms with Crippen molar-refractivity contribution >= 4 is 15.9 Å². The lowest BCUT2D eigenvalue weighted by molar-refractivity contribution is 0.131. The van der Waals surface area contributed by atoms with E-state index >= 15 is 0 Å². The van der Waals surface area contributed by atoms with Crippen molar-refractivity contribution in [3.05, 3.63) is 0 Å². The van der Waals surface area contributed by atoms with Crippen molar-refractivity contribution in [1.29, 1.82) is 0 Å². The summed E-state index contributed by atoms with van der Waals surface area (Å²) in [5, 5.41) is 0. The van der Waals surface area contributed by atoms with Crippen LogP contribution in [0.5, 0.6) is 0 Å². The highest BCUT2D eigenvalue weighted by Crippen LogP contribution is 2.43. The van der Waals surface area contributed by atoms with Crippen molar-refractivity contribution in [2.75, 3.05) is 13.7 Å². The number of alkyl halides is 1. The summed E-state index contributed by atoms with van der Waals surface area (Å²) in [6.45, 7) is 8.08. The van der Waals surface area contributed by atoms with Crippen LogP contribution in [0.15, 0.2) is 0 Å². The molecule has 0 saturated heterocycles. The summed E-state index contributed by atoms with van der Waals surface area (Å²) in [6.07, 6.45) is 6.65. The van der Waals surface area contributed by atoms with E-state index in [1.54, 1.807) is 7.11 Å². The van der Waals surface area contributed by atoms with Crippen LogP contribution in [0.25, 0.3) is 0 Å². The molecule has 1 rings (SSSR count). The summed E-state index contributed by atoms with van der Waals surface area (Å²) in [5.74, 6) is 1.75. The lowest BCUT2D eigenvalue weighted by Gasteiger charge is -2.40. The number of hydrogen-bond donors (Lipinski definition) is 0. The highest BCUT2D eigenvalue weighted by molar-refractivity contribution is 9.09. The normalized spacial score (nSPS) is 31.7. The number of halogens is 1. The summed E-state index contributed by atoms with van der Waals surface area (Å²) in [6, 6.07) is 0. The summed E-state index contributed by atoms with van der Waals surface area (Å²) < 4.78 is 5.15. The molecule has 0 amide bonds. The van der Waals surface area contributed by atoms with Crippen molar-refractivity contribution < 1.29 is 4.74 Å². The maximum Gasteiger partial charge on any atom is 0.0462 e. The van der Waals surface area contributed by atoms with Gasteiger partial charge in [-0.2, -0.15) is 0 Å². The zero-order chi connectivity index (χ0) is 12.2. The molecule has 0 N–H and O–H groups in total. The van der Waals surface area contributed by atoms with Crippen molar-refractivity contribution in [3.63, 3.8) is 0 Å². The van der Waals surface area contributed by atoms with Crippen LogP contribution in [0, 0.1) is 17.3 Å². The average Bonchev–Trinajstić information content (AvgIpc) is 2.19. The maximum absolute atomic E-state index is 5.15. The van der Waals surface area contributed by atoms with E-state index in [2.05, 4.69) is 36.7 Å². The van der Waals surface area contributed by atoms with E-state index in [-0.39, 0.29) is 0 Å². The lowest BCUT2D eigenvalue weighted by atomic mass is 9.68. The molecule has 0 heterocycles. The second-order valence-electron chi connectivity index (χ2n) is 6.29. The quantitative estimate of drug-likeness (QED) is 0.541. The van der Waals surface area contributed by atoms with Crippen LogP contribution in [-0.2, 0) is 4.74 Å². The van der Waals surface area contributed by atoms with Crippen LogP contribution in [0.1, 0.15) is 52.9 Å². The van der Waals surface area contributed by atoms with Crippen molar-refractivity contribution in [1.82, 2.24) is 0 Å². The van der Waals surface area contributed by atoms with Gasteiger partial charge in [-0.15, -0.1) is 0 Å². The molecule has 1 aliphatic carbocycles. The smallest absolute Gasteiger partial charge is 0.0462 e. The topological polar surface area (TPSA) is 9.23 Å². The fraction of sp³-hybridized carbons (Fsp3) is 1.00. The van der Waals surface area contributed by atoms with E-state index in [9.17, 15) is 0 Å². The molecule has 1 aliphatic rings. The van der Waals surface area contributed by atoms with E-state index in [0.717, 1.165) is 23.3 Å². The predicted octanol–water partition coefficient (Wildman–Crippen LogP) is 4.64. The van der Waals surface area contributed by atoms with Gasteiger partial charge in [0.1, 0.15) is 0 Å². The molecule has 96 valence electrons. The molecule has 0 spiro atoms. The van der Waals surface area contributed by atoms with E-state index in [1.165, 1.54) is 32.1 Å². The number of hydrogen-bond acceptors (Lipinski definition) is 1. The molecule has 0 bridgehead atoms. The molecule has 16 heavy (non-hydrogen) atoms. The maximum atomic E-state index is 5.15. The molecule has 0 aromatic rings. The Morgan fingerprint density at radius 2 is 1.94 bits per heavy atom. The fourth-order valence-corrected chi connectivity index (χ4v) is 3.55. The highest BCUT2D eigenvalue weighted by atomic mass is 79.9. The predicted molar refractivity (Wildman–Crippen MR) is 74.1 cm³/mol. The Morgan fingerprint density at radius 1 is 1.25 bits per heavy atom. The second-order valence-corrected chi connectivity index (χ2v) is 7.46. The largest absolute Gasteiger partial charge is 0.385 e. The summed E-state index contributed by atoms with van der Waals surface area (Å²) in [7, 11) is 1.80. The highest BCUT2D eigenvalue weighted by Gasteiger charge is 2.34. The summed E-state index contributed by atoms with van der Waals surface area (Å²) in [5.41, 5.74) is 0.479. The Hall–Kier alpha value is 0.440. The minimum Gasteiger partial charge on any atom is -0.385 e. The Morgan fingerprint density at radius 3 is 2.50 bits per heavy atom. The van der Waals surface area contributed by atoms with Crippen LogP contribution in [0.4, 0.5) is 0 Å². The van der Waals surface area contributed by atoms with Crippen LogP contribution < -0.4 is 0 Å². The van der Waals surface area contributed by atoms with Crippen LogP contribution in [0.3, 0.4) is 0 Å². The number of ether oxygens (including phenoxy) is 1. The molecule has 1 nitrogen and oxygen atoms in total. The number of methoxy groups -OCH3 is 1. The molecule has 0 radical (unpaired) electrons. The van der Waals surface area contributed by atoms with Crippen LogP contribution in [-0.4, -0.2) is 18.5 Å². The third-order valence-corrected chi connectivity index (χ3v) is 5.24. The third-order valence-electron chi connectivity index (χ3n) is 4.04. The first-order chi connectivity index (χ1) is 7.45. The van der Waals surface area contributed by atoms with Gasteiger partial charge in [0.25, 0.3) is 0 Å². The van der Waals surface area contributed by atoms with E-state index in [4.69, 9.17) is 4.74 Å². The van der Waals surface area contributed by atoms with Gasteiger partial charge in [0.2, 0.25) is 0 Å². The summed E-state index contributed by atoms with van der Waals surface area (Å²) >= 11 is 3.86. The fourth-order valence-electron chi connectivity index (χ4n) is 2.80. The van der Waals surface area contributed by atoms with E-state index in [1.807, 2.05) is 0 Å². The minimum atomic E-state index is 0.479. The standard InChI is InChI=1S/C14H27BrO/c1-14(2,3)12-7-8-13(15)11(10-12)6-5-9-16-4/h11-13H,5-10H2,1-4H3. The minimum absolute atomic E-state index is 0.479. The molecular formula is C14H27BrO. The Balaban J connectivity index is 2.42. The van der Waals surface area contributed by atoms with Gasteiger partial charge >= 0.3 is 0 Å². The van der Waals surface area contributed by atoms with Gasteiger partial charge in [-0.05, 0) is 49.4 Å². The van der Waals surface area contributed by atoms with Gasteiger partial charge in [-0.25, -0.2) is 0 Å². The van der Waals surface area contributed by atoms with Crippen LogP contribution >= 0.6 is 15.9 Å². The van der Waals surface area contributed by atoms with Crippen LogP contribution in [0.2, 0.25) is 0 Å². The lowest BCUT2D eigenvalue weighted by Crippen LogP contribution is -2.32. The average molecular weight is 291 g/mol. The monoisotopic (exact) mass is 290 g/mol. The Labute approximate surface area is 109 Å². The SMILES string of the molecule is COCCCC1CC(C(C)(C)C)CCC1Br. The van der Waals surface area contributed by atoms with E-state index in [0.29, 0.717) is 5.41 Å². The van der Waals surface area contributed by atoms with Gasteiger partial charge in [0, 0.05) is 18.5 Å². The molecule has 2 heteroatoms. The molecule has 3 unspecified atom stereocenters. The zero-order valence-corrected chi connectivity index (χ0v) is 12.8.